The number of ether oxygens (including phenoxy) is 1. The molecule has 2 unspecified atom stereocenters. The molecule has 0 aromatic heterocycles. The Labute approximate surface area is 201 Å². The van der Waals surface area contributed by atoms with Crippen molar-refractivity contribution in [2.75, 3.05) is 67.2 Å². The van der Waals surface area contributed by atoms with E-state index in [0.717, 1.165) is 11.0 Å². The second kappa shape index (κ2) is 25.5. The molecule has 0 amide bonds. The Morgan fingerprint density at radius 2 is 1.65 bits per heavy atom. The van der Waals surface area contributed by atoms with Crippen molar-refractivity contribution in [3.05, 3.63) is 0 Å². The molecule has 0 radical (unpaired) electrons. The van der Waals surface area contributed by atoms with Crippen LogP contribution in [0.15, 0.2) is 0 Å². The predicted octanol–water partition coefficient (Wildman–Crippen LogP) is -5.22. The van der Waals surface area contributed by atoms with Crippen LogP contribution in [-0.2, 0) is 14.3 Å². The third kappa shape index (κ3) is 47.6. The molecule has 0 heterocycles. The highest BCUT2D eigenvalue weighted by Gasteiger charge is 2.09. The third-order valence-corrected chi connectivity index (χ3v) is 3.18. The largest absolute Gasteiger partial charge is 0.549 e. The number of nitrogens with two attached hydrogens (primary N) is 3. The summed E-state index contributed by atoms with van der Waals surface area (Å²) >= 11 is 0. The maximum atomic E-state index is 10.2. The number of rotatable bonds is 13. The first-order valence-corrected chi connectivity index (χ1v) is 10.5. The second-order valence-electron chi connectivity index (χ2n) is 7.96. The molecule has 15 heteroatoms. The van der Waals surface area contributed by atoms with Gasteiger partial charge in [-0.3, -0.25) is 10.2 Å². The SMILES string of the molecule is CC(O)CO.C[N+](C)(C)CCOCC(O)CO.N=C(N)NCCC[C@H](N)C(=O)O.NCC(=O)[O-]. The number of carbonyl (C=O) groups excluding carboxylic acids is 1. The van der Waals surface area contributed by atoms with E-state index in [4.69, 9.17) is 57.0 Å². The molecule has 0 saturated heterocycles. The lowest BCUT2D eigenvalue weighted by atomic mass is 10.2. The predicted molar refractivity (Wildman–Crippen MR) is 124 cm³/mol. The van der Waals surface area contributed by atoms with Gasteiger partial charge in [-0.15, -0.1) is 0 Å². The minimum atomic E-state index is -1.22. The van der Waals surface area contributed by atoms with Crippen LogP contribution in [-0.4, -0.2) is 133 Å². The summed E-state index contributed by atoms with van der Waals surface area (Å²) in [6.07, 6.45) is -0.324. The molecule has 3 atom stereocenters. The zero-order valence-corrected chi connectivity index (χ0v) is 20.6. The smallest absolute Gasteiger partial charge is 0.320 e. The van der Waals surface area contributed by atoms with Crippen molar-refractivity contribution >= 4 is 17.9 Å². The molecule has 0 saturated carbocycles. The number of carboxylic acid groups (broad SMARTS) is 2. The summed E-state index contributed by atoms with van der Waals surface area (Å²) in [5, 5.41) is 60.2. The molecule has 0 aromatic carbocycles. The van der Waals surface area contributed by atoms with E-state index in [1.165, 1.54) is 6.92 Å². The number of likely N-dealkylation sites (N-methyl/N-ethyl adjacent to an activating group) is 1. The molecule has 0 aliphatic rings. The van der Waals surface area contributed by atoms with E-state index in [2.05, 4.69) is 32.2 Å². The summed E-state index contributed by atoms with van der Waals surface area (Å²) in [6.45, 7) is 2.98. The summed E-state index contributed by atoms with van der Waals surface area (Å²) in [7, 11) is 6.23. The number of nitrogens with one attached hydrogen (secondary N) is 2. The summed E-state index contributed by atoms with van der Waals surface area (Å²) in [6, 6.07) is -0.821. The second-order valence-corrected chi connectivity index (χ2v) is 7.96. The van der Waals surface area contributed by atoms with Crippen molar-refractivity contribution in [1.29, 1.82) is 5.41 Å². The molecule has 206 valence electrons. The molecule has 0 spiro atoms. The van der Waals surface area contributed by atoms with Crippen LogP contribution in [0.3, 0.4) is 0 Å². The summed E-state index contributed by atoms with van der Waals surface area (Å²) in [4.78, 5) is 19.3. The normalized spacial score (nSPS) is 12.8. The lowest BCUT2D eigenvalue weighted by molar-refractivity contribution is -0.870. The Morgan fingerprint density at radius 3 is 1.94 bits per heavy atom. The molecule has 0 aromatic rings. The van der Waals surface area contributed by atoms with Gasteiger partial charge in [0.05, 0.1) is 59.6 Å². The van der Waals surface area contributed by atoms with Crippen molar-refractivity contribution in [2.45, 2.75) is 38.0 Å². The number of aliphatic hydroxyl groups excluding tert-OH is 4. The lowest BCUT2D eigenvalue weighted by Crippen LogP contribution is -2.38. The number of carboxylic acids is 2. The number of nitrogens with zero attached hydrogens (tertiary/aromatic N) is 1. The minimum Gasteiger partial charge on any atom is -0.549 e. The van der Waals surface area contributed by atoms with Crippen LogP contribution < -0.4 is 27.6 Å². The molecular formula is C19H46N6O9. The summed E-state index contributed by atoms with van der Waals surface area (Å²) < 4.78 is 5.98. The average Bonchev–Trinajstić information content (AvgIpc) is 2.74. The molecule has 0 fully saturated rings. The highest BCUT2D eigenvalue weighted by Crippen LogP contribution is 1.92. The van der Waals surface area contributed by atoms with Crippen molar-refractivity contribution in [1.82, 2.24) is 5.32 Å². The highest BCUT2D eigenvalue weighted by atomic mass is 16.5. The molecule has 15 nitrogen and oxygen atoms in total. The molecular weight excluding hydrogens is 456 g/mol. The molecule has 0 bridgehead atoms. The fourth-order valence-corrected chi connectivity index (χ4v) is 1.28. The fourth-order valence-electron chi connectivity index (χ4n) is 1.28. The van der Waals surface area contributed by atoms with Gasteiger partial charge in [0.1, 0.15) is 18.7 Å². The van der Waals surface area contributed by atoms with Gasteiger partial charge in [0.15, 0.2) is 5.96 Å². The zero-order chi connectivity index (χ0) is 27.7. The van der Waals surface area contributed by atoms with E-state index in [1.54, 1.807) is 0 Å². The van der Waals surface area contributed by atoms with Gasteiger partial charge in [-0.25, -0.2) is 0 Å². The highest BCUT2D eigenvalue weighted by molar-refractivity contribution is 5.74. The average molecular weight is 503 g/mol. The Kier molecular flexibility index (Phi) is 29.4. The molecule has 0 aliphatic heterocycles. The fraction of sp³-hybridized carbons (Fsp3) is 0.842. The van der Waals surface area contributed by atoms with Crippen molar-refractivity contribution < 1.29 is 49.4 Å². The van der Waals surface area contributed by atoms with E-state index >= 15 is 0 Å². The van der Waals surface area contributed by atoms with Gasteiger partial charge in [-0.1, -0.05) is 0 Å². The lowest BCUT2D eigenvalue weighted by Gasteiger charge is -2.23. The standard InChI is InChI=1S/C8H20NO3.C6H14N4O2.C3H8O2.C2H5NO2/c1-9(2,3)4-5-12-7-8(11)6-10;7-4(5(11)12)2-1-3-10-6(8)9;1-3(5)2-4;3-1-2(4)5/h8,10-11H,4-7H2,1-3H3;4H,1-3,7H2,(H,11,12)(H4,8,9,10);3-5H,2H2,1H3;1,3H2,(H,4,5)/q+1;;;/p-1/t;4-;;/m.0../s1. The number of carbonyl (C=O) groups is 2. The van der Waals surface area contributed by atoms with E-state index < -0.39 is 30.2 Å². The molecule has 34 heavy (non-hydrogen) atoms. The maximum Gasteiger partial charge on any atom is 0.320 e. The van der Waals surface area contributed by atoms with Gasteiger partial charge in [-0.2, -0.15) is 0 Å². The van der Waals surface area contributed by atoms with E-state index in [-0.39, 0.29) is 32.3 Å². The summed E-state index contributed by atoms with van der Waals surface area (Å²) in [5.74, 6) is -2.33. The van der Waals surface area contributed by atoms with Gasteiger partial charge >= 0.3 is 5.97 Å². The van der Waals surface area contributed by atoms with Gasteiger partial charge in [0.25, 0.3) is 0 Å². The maximum absolute atomic E-state index is 10.2. The number of hydrogen-bond acceptors (Lipinski definition) is 11. The first-order valence-electron chi connectivity index (χ1n) is 10.5. The van der Waals surface area contributed by atoms with E-state index in [9.17, 15) is 4.79 Å². The third-order valence-electron chi connectivity index (χ3n) is 3.18. The monoisotopic (exact) mass is 502 g/mol. The number of aliphatic hydroxyl groups is 4. The van der Waals surface area contributed by atoms with Crippen LogP contribution in [0.25, 0.3) is 0 Å². The van der Waals surface area contributed by atoms with Crippen LogP contribution in [0.1, 0.15) is 19.8 Å². The van der Waals surface area contributed by atoms with Crippen molar-refractivity contribution in [3.63, 3.8) is 0 Å². The quantitative estimate of drug-likeness (QED) is 0.0488. The first-order chi connectivity index (χ1) is 15.5. The Bertz CT molecular complexity index is 505. The van der Waals surface area contributed by atoms with Crippen molar-refractivity contribution in [3.8, 4) is 0 Å². The first kappa shape index (κ1) is 39.1. The molecule has 13 N–H and O–H groups in total. The number of guanidine groups is 1. The molecule has 0 aliphatic carbocycles. The van der Waals surface area contributed by atoms with Crippen molar-refractivity contribution in [2.24, 2.45) is 17.2 Å². The molecule has 0 rings (SSSR count). The zero-order valence-electron chi connectivity index (χ0n) is 20.6. The number of hydrogen-bond donors (Lipinski definition) is 10. The Balaban J connectivity index is -0.000000191. The number of quaternary nitrogens is 1. The van der Waals surface area contributed by atoms with Crippen LogP contribution in [0.5, 0.6) is 0 Å². The van der Waals surface area contributed by atoms with E-state index in [1.807, 2.05) is 0 Å². The van der Waals surface area contributed by atoms with Gasteiger partial charge in [0.2, 0.25) is 0 Å². The van der Waals surface area contributed by atoms with E-state index in [0.29, 0.717) is 26.0 Å². The topological polar surface area (TPSA) is 282 Å². The summed E-state index contributed by atoms with van der Waals surface area (Å²) in [5.41, 5.74) is 14.7. The minimum absolute atomic E-state index is 0.112. The van der Waals surface area contributed by atoms with Gasteiger partial charge in [0, 0.05) is 13.1 Å². The van der Waals surface area contributed by atoms with Crippen LogP contribution in [0, 0.1) is 5.41 Å². The van der Waals surface area contributed by atoms with Crippen LogP contribution in [0.4, 0.5) is 0 Å². The Hall–Kier alpha value is -2.11. The van der Waals surface area contributed by atoms with Crippen LogP contribution >= 0.6 is 0 Å². The Morgan fingerprint density at radius 1 is 1.18 bits per heavy atom. The number of aliphatic carboxylic acids is 2. The van der Waals surface area contributed by atoms with Crippen LogP contribution in [0.2, 0.25) is 0 Å². The van der Waals surface area contributed by atoms with Gasteiger partial charge < -0.3 is 67.2 Å². The van der Waals surface area contributed by atoms with Gasteiger partial charge in [-0.05, 0) is 19.8 Å².